The van der Waals surface area contributed by atoms with E-state index >= 15 is 0 Å². The number of aromatic nitrogens is 4. The molecule has 8 nitrogen and oxygen atoms in total. The minimum atomic E-state index is -4.77. The van der Waals surface area contributed by atoms with Gasteiger partial charge in [0.15, 0.2) is 0 Å². The van der Waals surface area contributed by atoms with Gasteiger partial charge in [-0.15, -0.1) is 13.2 Å². The predicted molar refractivity (Wildman–Crippen MR) is 114 cm³/mol. The number of halogens is 3. The van der Waals surface area contributed by atoms with Gasteiger partial charge in [-0.3, -0.25) is 4.79 Å². The highest BCUT2D eigenvalue weighted by molar-refractivity contribution is 5.60. The van der Waals surface area contributed by atoms with E-state index in [9.17, 15) is 18.0 Å². The fourth-order valence-corrected chi connectivity index (χ4v) is 3.05. The van der Waals surface area contributed by atoms with Crippen LogP contribution in [-0.4, -0.2) is 32.6 Å². The molecular weight excluding hydrogens is 439 g/mol. The monoisotopic (exact) mass is 457 g/mol. The molecule has 0 radical (unpaired) electrons. The summed E-state index contributed by atoms with van der Waals surface area (Å²) in [6, 6.07) is 11.8. The molecule has 0 atom stereocenters. The Bertz CT molecular complexity index is 1280. The highest BCUT2D eigenvalue weighted by Crippen LogP contribution is 2.26. The van der Waals surface area contributed by atoms with Crippen molar-refractivity contribution in [3.63, 3.8) is 0 Å². The van der Waals surface area contributed by atoms with Crippen molar-refractivity contribution in [3.8, 4) is 28.6 Å². The van der Waals surface area contributed by atoms with Gasteiger partial charge in [0.05, 0.1) is 12.1 Å². The molecule has 0 bridgehead atoms. The maximum atomic E-state index is 12.3. The molecule has 1 aromatic carbocycles. The molecule has 0 spiro atoms. The molecule has 1 N–H and O–H groups in total. The van der Waals surface area contributed by atoms with Gasteiger partial charge in [0, 0.05) is 30.6 Å². The van der Waals surface area contributed by atoms with E-state index in [1.807, 2.05) is 19.1 Å². The van der Waals surface area contributed by atoms with E-state index in [4.69, 9.17) is 4.52 Å². The third-order valence-corrected chi connectivity index (χ3v) is 4.54. The van der Waals surface area contributed by atoms with Crippen LogP contribution in [0, 0.1) is 0 Å². The number of alkyl halides is 3. The van der Waals surface area contributed by atoms with E-state index in [1.54, 1.807) is 18.5 Å². The molecule has 4 rings (SSSR count). The van der Waals surface area contributed by atoms with E-state index in [2.05, 4.69) is 25.2 Å². The second kappa shape index (κ2) is 9.15. The van der Waals surface area contributed by atoms with Crippen LogP contribution in [0.25, 0.3) is 22.8 Å². The van der Waals surface area contributed by atoms with Gasteiger partial charge < -0.3 is 19.1 Å². The highest BCUT2D eigenvalue weighted by Gasteiger charge is 2.31. The summed E-state index contributed by atoms with van der Waals surface area (Å²) in [7, 11) is 0. The number of ether oxygens (including phenoxy) is 1. The lowest BCUT2D eigenvalue weighted by Gasteiger charge is -2.08. The fourth-order valence-electron chi connectivity index (χ4n) is 3.05. The maximum absolute atomic E-state index is 12.3. The topological polar surface area (TPSA) is 95.1 Å². The van der Waals surface area contributed by atoms with Crippen molar-refractivity contribution in [3.05, 3.63) is 76.8 Å². The van der Waals surface area contributed by atoms with Crippen LogP contribution in [0.15, 0.2) is 70.2 Å². The van der Waals surface area contributed by atoms with Crippen molar-refractivity contribution in [2.45, 2.75) is 19.8 Å². The van der Waals surface area contributed by atoms with E-state index in [-0.39, 0.29) is 23.0 Å². The highest BCUT2D eigenvalue weighted by atomic mass is 19.4. The molecular formula is C22H18F3N5O3. The first-order valence-electron chi connectivity index (χ1n) is 9.90. The lowest BCUT2D eigenvalue weighted by atomic mass is 10.2. The fraction of sp³-hybridized carbons (Fsp3) is 0.182. The molecule has 0 aliphatic heterocycles. The summed E-state index contributed by atoms with van der Waals surface area (Å²) >= 11 is 0. The lowest BCUT2D eigenvalue weighted by Crippen LogP contribution is -2.19. The Labute approximate surface area is 185 Å². The van der Waals surface area contributed by atoms with Gasteiger partial charge >= 0.3 is 6.36 Å². The van der Waals surface area contributed by atoms with Gasteiger partial charge in [-0.2, -0.15) is 4.98 Å². The van der Waals surface area contributed by atoms with Gasteiger partial charge in [0.25, 0.3) is 11.4 Å². The lowest BCUT2D eigenvalue weighted by molar-refractivity contribution is -0.274. The first-order valence-corrected chi connectivity index (χ1v) is 9.90. The van der Waals surface area contributed by atoms with E-state index in [0.717, 1.165) is 30.1 Å². The Hall–Kier alpha value is -4.15. The molecule has 4 aromatic rings. The molecule has 33 heavy (non-hydrogen) atoms. The molecule has 3 heterocycles. The van der Waals surface area contributed by atoms with Gasteiger partial charge in [0.2, 0.25) is 5.82 Å². The third-order valence-electron chi connectivity index (χ3n) is 4.54. The molecule has 0 saturated heterocycles. The van der Waals surface area contributed by atoms with E-state index in [1.165, 1.54) is 22.8 Å². The summed E-state index contributed by atoms with van der Waals surface area (Å²) in [6.45, 7) is 3.03. The summed E-state index contributed by atoms with van der Waals surface area (Å²) in [5.74, 6) is 0.744. The third kappa shape index (κ3) is 5.56. The van der Waals surface area contributed by atoms with Gasteiger partial charge in [0.1, 0.15) is 11.6 Å². The number of hydrogen-bond donors (Lipinski definition) is 1. The molecule has 0 saturated carbocycles. The Morgan fingerprint density at radius 3 is 2.48 bits per heavy atom. The first-order chi connectivity index (χ1) is 15.8. The van der Waals surface area contributed by atoms with E-state index < -0.39 is 6.36 Å². The van der Waals surface area contributed by atoms with Crippen LogP contribution in [0.3, 0.4) is 0 Å². The number of nitrogens with zero attached hydrogens (tertiary/aromatic N) is 4. The normalized spacial score (nSPS) is 11.4. The Morgan fingerprint density at radius 2 is 1.82 bits per heavy atom. The van der Waals surface area contributed by atoms with Crippen LogP contribution in [0.4, 0.5) is 19.0 Å². The Morgan fingerprint density at radius 1 is 1.06 bits per heavy atom. The summed E-state index contributed by atoms with van der Waals surface area (Å²) < 4.78 is 47.6. The van der Waals surface area contributed by atoms with E-state index in [0.29, 0.717) is 17.7 Å². The molecule has 11 heteroatoms. The van der Waals surface area contributed by atoms with Gasteiger partial charge in [-0.05, 0) is 48.9 Å². The molecule has 0 unspecified atom stereocenters. The maximum Gasteiger partial charge on any atom is 0.573 e. The van der Waals surface area contributed by atoms with Crippen molar-refractivity contribution in [1.82, 2.24) is 19.7 Å². The van der Waals surface area contributed by atoms with Crippen molar-refractivity contribution in [2.75, 3.05) is 11.9 Å². The summed E-state index contributed by atoms with van der Waals surface area (Å²) in [4.78, 5) is 20.9. The molecule has 0 fully saturated rings. The zero-order valence-corrected chi connectivity index (χ0v) is 17.3. The van der Waals surface area contributed by atoms with Crippen LogP contribution in [0.5, 0.6) is 5.75 Å². The van der Waals surface area contributed by atoms with Crippen LogP contribution < -0.4 is 15.6 Å². The first kappa shape index (κ1) is 22.1. The number of rotatable bonds is 7. The van der Waals surface area contributed by atoms with Crippen LogP contribution in [-0.2, 0) is 6.54 Å². The second-order valence-corrected chi connectivity index (χ2v) is 6.96. The van der Waals surface area contributed by atoms with Crippen LogP contribution >= 0.6 is 0 Å². The molecule has 170 valence electrons. The summed E-state index contributed by atoms with van der Waals surface area (Å²) in [5, 5.41) is 6.98. The van der Waals surface area contributed by atoms with Crippen LogP contribution in [0.2, 0.25) is 0 Å². The van der Waals surface area contributed by atoms with Crippen LogP contribution in [0.1, 0.15) is 12.5 Å². The molecule has 0 aliphatic rings. The van der Waals surface area contributed by atoms with Gasteiger partial charge in [-0.1, -0.05) is 11.2 Å². The Balaban J connectivity index is 1.53. The van der Waals surface area contributed by atoms with Gasteiger partial charge in [-0.25, -0.2) is 4.98 Å². The average molecular weight is 457 g/mol. The molecule has 3 aromatic heterocycles. The zero-order valence-electron chi connectivity index (χ0n) is 17.3. The number of benzene rings is 1. The number of pyridine rings is 2. The number of anilines is 1. The number of nitrogens with one attached hydrogen (secondary N) is 1. The smallest absolute Gasteiger partial charge is 0.406 e. The minimum Gasteiger partial charge on any atom is -0.406 e. The van der Waals surface area contributed by atoms with Crippen molar-refractivity contribution < 1.29 is 22.4 Å². The number of hydrogen-bond acceptors (Lipinski definition) is 7. The predicted octanol–water partition coefficient (Wildman–Crippen LogP) is 4.34. The summed E-state index contributed by atoms with van der Waals surface area (Å²) in [5.41, 5.74) is 1.58. The largest absolute Gasteiger partial charge is 0.573 e. The van der Waals surface area contributed by atoms with Crippen molar-refractivity contribution in [2.24, 2.45) is 0 Å². The average Bonchev–Trinajstić information content (AvgIpc) is 3.26. The Kier molecular flexibility index (Phi) is 6.11. The van der Waals surface area contributed by atoms with Crippen molar-refractivity contribution in [1.29, 1.82) is 0 Å². The summed E-state index contributed by atoms with van der Waals surface area (Å²) in [6.07, 6.45) is -1.49. The molecule has 0 aliphatic carbocycles. The molecule has 0 amide bonds. The standard InChI is InChI=1S/C22H18F3N5O3/c1-2-26-18-9-3-14(11-27-18)12-30-13-16(6-10-19(30)31)21-28-20(29-33-21)15-4-7-17(8-5-15)32-22(23,24)25/h3-11,13H,2,12H2,1H3,(H,26,27). The quantitative estimate of drug-likeness (QED) is 0.441. The second-order valence-electron chi connectivity index (χ2n) is 6.96. The SMILES string of the molecule is CCNc1ccc(Cn2cc(-c3nc(-c4ccc(OC(F)(F)F)cc4)no3)ccc2=O)cn1. The minimum absolute atomic E-state index is 0.162. The zero-order chi connectivity index (χ0) is 23.4. The van der Waals surface area contributed by atoms with Crippen molar-refractivity contribution >= 4 is 5.82 Å².